The Balaban J connectivity index is 1.69. The summed E-state index contributed by atoms with van der Waals surface area (Å²) in [6.45, 7) is 2.00. The van der Waals surface area contributed by atoms with Gasteiger partial charge in [-0.15, -0.1) is 11.8 Å². The van der Waals surface area contributed by atoms with E-state index >= 15 is 0 Å². The van der Waals surface area contributed by atoms with Gasteiger partial charge in [-0.3, -0.25) is 9.78 Å². The number of fused-ring (bicyclic) bond motifs is 1. The molecule has 0 radical (unpaired) electrons. The van der Waals surface area contributed by atoms with Gasteiger partial charge >= 0.3 is 0 Å². The molecule has 0 aliphatic carbocycles. The average molecular weight is 434 g/mol. The second-order valence-corrected chi connectivity index (χ2v) is 7.39. The van der Waals surface area contributed by atoms with Gasteiger partial charge in [0.2, 0.25) is 5.91 Å². The topological polar surface area (TPSA) is 42.0 Å². The number of nitrogens with one attached hydrogen (secondary N) is 1. The largest absolute Gasteiger partial charge is 0.325 e. The van der Waals surface area contributed by atoms with E-state index in [0.717, 1.165) is 30.6 Å². The van der Waals surface area contributed by atoms with Crippen molar-refractivity contribution in [3.63, 3.8) is 0 Å². The number of amides is 1. The van der Waals surface area contributed by atoms with Crippen molar-refractivity contribution in [3.8, 4) is 0 Å². The molecule has 3 rings (SSSR count). The summed E-state index contributed by atoms with van der Waals surface area (Å²) in [6, 6.07) is 16.0. The van der Waals surface area contributed by atoms with Crippen LogP contribution in [0.4, 0.5) is 5.69 Å². The summed E-state index contributed by atoms with van der Waals surface area (Å²) in [4.78, 5) is 17.6. The number of aryl methyl sites for hydroxylation is 1. The average Bonchev–Trinajstić information content (AvgIpc) is 2.55. The molecule has 0 aliphatic rings. The van der Waals surface area contributed by atoms with Gasteiger partial charge in [-0.1, -0.05) is 18.2 Å². The molecule has 116 valence electrons. The fraction of sp³-hybridized carbons (Fsp3) is 0.111. The van der Waals surface area contributed by atoms with Crippen LogP contribution in [-0.4, -0.2) is 16.6 Å². The molecule has 1 heterocycles. The highest BCUT2D eigenvalue weighted by atomic mass is 127. The van der Waals surface area contributed by atoms with Crippen molar-refractivity contribution in [2.24, 2.45) is 0 Å². The fourth-order valence-electron chi connectivity index (χ4n) is 2.29. The molecule has 0 atom stereocenters. The first-order valence-electron chi connectivity index (χ1n) is 7.16. The van der Waals surface area contributed by atoms with E-state index in [1.807, 2.05) is 49.4 Å². The van der Waals surface area contributed by atoms with Crippen LogP contribution in [-0.2, 0) is 4.79 Å². The number of anilines is 1. The first-order chi connectivity index (χ1) is 11.1. The van der Waals surface area contributed by atoms with Crippen molar-refractivity contribution >= 4 is 56.9 Å². The van der Waals surface area contributed by atoms with Crippen molar-refractivity contribution in [1.82, 2.24) is 4.98 Å². The molecule has 0 fully saturated rings. The van der Waals surface area contributed by atoms with Crippen LogP contribution in [0, 0.1) is 10.5 Å². The summed E-state index contributed by atoms with van der Waals surface area (Å²) >= 11 is 3.77. The van der Waals surface area contributed by atoms with Gasteiger partial charge in [0, 0.05) is 25.7 Å². The van der Waals surface area contributed by atoms with Crippen LogP contribution in [0.25, 0.3) is 10.9 Å². The maximum absolute atomic E-state index is 12.2. The second kappa shape index (κ2) is 7.31. The number of aromatic nitrogens is 1. The third-order valence-corrected chi connectivity index (χ3v) is 5.13. The smallest absolute Gasteiger partial charge is 0.234 e. The number of benzene rings is 2. The second-order valence-electron chi connectivity index (χ2n) is 5.13. The molecule has 1 amide bonds. The van der Waals surface area contributed by atoms with Gasteiger partial charge in [0.05, 0.1) is 11.3 Å². The van der Waals surface area contributed by atoms with Crippen molar-refractivity contribution < 1.29 is 4.79 Å². The van der Waals surface area contributed by atoms with Crippen molar-refractivity contribution in [1.29, 1.82) is 0 Å². The van der Waals surface area contributed by atoms with E-state index in [-0.39, 0.29) is 5.91 Å². The standard InChI is InChI=1S/C18H15IN2OS/c1-12-10-14(19)7-8-15(12)21-17(22)11-23-16-6-2-4-13-5-3-9-20-18(13)16/h2-10H,11H2,1H3,(H,21,22). The van der Waals surface area contributed by atoms with Gasteiger partial charge in [0.1, 0.15) is 0 Å². The molecule has 23 heavy (non-hydrogen) atoms. The van der Waals surface area contributed by atoms with Gasteiger partial charge in [0.25, 0.3) is 0 Å². The molecule has 3 aromatic rings. The number of hydrogen-bond donors (Lipinski definition) is 1. The minimum absolute atomic E-state index is 0.00718. The van der Waals surface area contributed by atoms with E-state index in [2.05, 4.69) is 39.0 Å². The quantitative estimate of drug-likeness (QED) is 0.470. The highest BCUT2D eigenvalue weighted by Gasteiger charge is 2.08. The number of halogens is 1. The third kappa shape index (κ3) is 4.03. The highest BCUT2D eigenvalue weighted by Crippen LogP contribution is 2.26. The molecule has 0 saturated heterocycles. The molecule has 0 spiro atoms. The lowest BCUT2D eigenvalue weighted by Gasteiger charge is -2.09. The van der Waals surface area contributed by atoms with Crippen LogP contribution in [0.3, 0.4) is 0 Å². The summed E-state index contributed by atoms with van der Waals surface area (Å²) in [6.07, 6.45) is 1.78. The van der Waals surface area contributed by atoms with Crippen molar-refractivity contribution in [3.05, 3.63) is 63.9 Å². The zero-order valence-corrected chi connectivity index (χ0v) is 15.5. The zero-order chi connectivity index (χ0) is 16.2. The Morgan fingerprint density at radius 1 is 1.22 bits per heavy atom. The zero-order valence-electron chi connectivity index (χ0n) is 12.5. The molecular formula is C18H15IN2OS. The van der Waals surface area contributed by atoms with Gasteiger partial charge in [-0.25, -0.2) is 0 Å². The van der Waals surface area contributed by atoms with Gasteiger partial charge in [0.15, 0.2) is 0 Å². The van der Waals surface area contributed by atoms with Crippen LogP contribution in [0.1, 0.15) is 5.56 Å². The number of hydrogen-bond acceptors (Lipinski definition) is 3. The fourth-order valence-corrected chi connectivity index (χ4v) is 3.78. The van der Waals surface area contributed by atoms with Gasteiger partial charge < -0.3 is 5.32 Å². The number of carbonyl (C=O) groups excluding carboxylic acids is 1. The van der Waals surface area contributed by atoms with Gasteiger partial charge in [-0.05, 0) is 65.4 Å². The summed E-state index contributed by atoms with van der Waals surface area (Å²) in [5.74, 6) is 0.355. The van der Waals surface area contributed by atoms with Crippen LogP contribution in [0.15, 0.2) is 59.6 Å². The van der Waals surface area contributed by atoms with Crippen LogP contribution in [0.2, 0.25) is 0 Å². The van der Waals surface area contributed by atoms with E-state index in [1.54, 1.807) is 6.20 Å². The third-order valence-electron chi connectivity index (χ3n) is 3.42. The predicted octanol–water partition coefficient (Wildman–Crippen LogP) is 4.88. The lowest BCUT2D eigenvalue weighted by atomic mass is 10.2. The Morgan fingerprint density at radius 3 is 2.87 bits per heavy atom. The molecule has 5 heteroatoms. The van der Waals surface area contributed by atoms with Crippen LogP contribution >= 0.6 is 34.4 Å². The minimum atomic E-state index is -0.00718. The van der Waals surface area contributed by atoms with Crippen LogP contribution < -0.4 is 5.32 Å². The Morgan fingerprint density at radius 2 is 2.04 bits per heavy atom. The molecule has 2 aromatic carbocycles. The maximum atomic E-state index is 12.2. The van der Waals surface area contributed by atoms with Crippen molar-refractivity contribution in [2.45, 2.75) is 11.8 Å². The number of nitrogens with zero attached hydrogens (tertiary/aromatic N) is 1. The lowest BCUT2D eigenvalue weighted by molar-refractivity contribution is -0.113. The van der Waals surface area contributed by atoms with Gasteiger partial charge in [-0.2, -0.15) is 0 Å². The Hall–Kier alpha value is -1.60. The molecular weight excluding hydrogens is 419 g/mol. The SMILES string of the molecule is Cc1cc(I)ccc1NC(=O)CSc1cccc2cccnc12. The summed E-state index contributed by atoms with van der Waals surface area (Å²) in [5, 5.41) is 4.06. The maximum Gasteiger partial charge on any atom is 0.234 e. The van der Waals surface area contributed by atoms with Crippen LogP contribution in [0.5, 0.6) is 0 Å². The number of para-hydroxylation sites is 1. The number of carbonyl (C=O) groups is 1. The normalized spacial score (nSPS) is 10.7. The first kappa shape index (κ1) is 16.3. The summed E-state index contributed by atoms with van der Waals surface area (Å²) < 4.78 is 1.16. The molecule has 1 aromatic heterocycles. The summed E-state index contributed by atoms with van der Waals surface area (Å²) in [7, 11) is 0. The lowest BCUT2D eigenvalue weighted by Crippen LogP contribution is -2.14. The predicted molar refractivity (Wildman–Crippen MR) is 105 cm³/mol. The molecule has 1 N–H and O–H groups in total. The van der Waals surface area contributed by atoms with Crippen molar-refractivity contribution in [2.75, 3.05) is 11.1 Å². The van der Waals surface area contributed by atoms with E-state index in [0.29, 0.717) is 5.75 Å². The monoisotopic (exact) mass is 434 g/mol. The molecule has 0 unspecified atom stereocenters. The Labute approximate surface area is 153 Å². The molecule has 0 bridgehead atoms. The van der Waals surface area contributed by atoms with E-state index in [4.69, 9.17) is 0 Å². The summed E-state index contributed by atoms with van der Waals surface area (Å²) in [5.41, 5.74) is 2.88. The Kier molecular flexibility index (Phi) is 5.17. The first-order valence-corrected chi connectivity index (χ1v) is 9.22. The Bertz CT molecular complexity index is 861. The van der Waals surface area contributed by atoms with E-state index in [1.165, 1.54) is 11.8 Å². The van der Waals surface area contributed by atoms with E-state index in [9.17, 15) is 4.79 Å². The molecule has 0 saturated carbocycles. The van der Waals surface area contributed by atoms with E-state index < -0.39 is 0 Å². The molecule has 3 nitrogen and oxygen atoms in total. The highest BCUT2D eigenvalue weighted by molar-refractivity contribution is 14.1. The molecule has 0 aliphatic heterocycles. The minimum Gasteiger partial charge on any atom is -0.325 e. The number of thioether (sulfide) groups is 1. The number of rotatable bonds is 4. The number of pyridine rings is 1.